The first kappa shape index (κ1) is 19.9. The average molecular weight is 397 g/mol. The lowest BCUT2D eigenvalue weighted by atomic mass is 10.00. The van der Waals surface area contributed by atoms with E-state index in [9.17, 15) is 18.3 Å². The normalized spacial score (nSPS) is 11.6. The van der Waals surface area contributed by atoms with Gasteiger partial charge in [-0.05, 0) is 55.7 Å². The number of carboxylic acid groups (broad SMARTS) is 1. The molecule has 1 heterocycles. The van der Waals surface area contributed by atoms with Gasteiger partial charge in [0.05, 0.1) is 16.1 Å². The fourth-order valence-corrected chi connectivity index (χ4v) is 4.20. The van der Waals surface area contributed by atoms with Gasteiger partial charge in [-0.2, -0.15) is 0 Å². The molecule has 0 amide bonds. The summed E-state index contributed by atoms with van der Waals surface area (Å²) in [5.41, 5.74) is 5.08. The summed E-state index contributed by atoms with van der Waals surface area (Å²) in [7, 11) is -3.35. The predicted octanol–water partition coefficient (Wildman–Crippen LogP) is 4.43. The summed E-state index contributed by atoms with van der Waals surface area (Å²) in [6.07, 6.45) is 1.92. The van der Waals surface area contributed by atoms with Crippen LogP contribution < -0.4 is 0 Å². The molecule has 3 aromatic rings. The molecule has 6 heteroatoms. The van der Waals surface area contributed by atoms with Crippen molar-refractivity contribution in [2.75, 3.05) is 6.26 Å². The van der Waals surface area contributed by atoms with Crippen molar-refractivity contribution >= 4 is 15.8 Å². The molecular formula is C22H23NO4S. The second-order valence-electron chi connectivity index (χ2n) is 6.93. The van der Waals surface area contributed by atoms with E-state index in [1.807, 2.05) is 48.7 Å². The number of nitrogens with zero attached hydrogens (tertiary/aromatic N) is 1. The van der Waals surface area contributed by atoms with Gasteiger partial charge in [0.25, 0.3) is 0 Å². The van der Waals surface area contributed by atoms with Gasteiger partial charge in [-0.25, -0.2) is 13.2 Å². The lowest BCUT2D eigenvalue weighted by Crippen LogP contribution is -2.05. The van der Waals surface area contributed by atoms with Crippen LogP contribution in [-0.4, -0.2) is 30.3 Å². The number of aryl methyl sites for hydroxylation is 2. The van der Waals surface area contributed by atoms with Gasteiger partial charge < -0.3 is 9.67 Å². The van der Waals surface area contributed by atoms with Crippen LogP contribution in [0.25, 0.3) is 16.8 Å². The van der Waals surface area contributed by atoms with Crippen LogP contribution >= 0.6 is 0 Å². The Morgan fingerprint density at radius 3 is 2.32 bits per heavy atom. The van der Waals surface area contributed by atoms with E-state index in [0.29, 0.717) is 12.1 Å². The Hall–Kier alpha value is -2.86. The molecule has 0 spiro atoms. The van der Waals surface area contributed by atoms with Crippen molar-refractivity contribution in [2.45, 2.75) is 32.1 Å². The highest BCUT2D eigenvalue weighted by Crippen LogP contribution is 2.32. The van der Waals surface area contributed by atoms with Gasteiger partial charge in [-0.15, -0.1) is 0 Å². The fourth-order valence-electron chi connectivity index (χ4n) is 3.50. The van der Waals surface area contributed by atoms with E-state index in [1.165, 1.54) is 6.26 Å². The lowest BCUT2D eigenvalue weighted by molar-refractivity contribution is 0.0696. The van der Waals surface area contributed by atoms with E-state index in [-0.39, 0.29) is 10.5 Å². The molecule has 5 nitrogen and oxygen atoms in total. The van der Waals surface area contributed by atoms with Crippen molar-refractivity contribution in [1.82, 2.24) is 4.57 Å². The number of rotatable bonds is 5. The van der Waals surface area contributed by atoms with Gasteiger partial charge in [0.15, 0.2) is 9.84 Å². The van der Waals surface area contributed by atoms with Crippen LogP contribution in [0.5, 0.6) is 0 Å². The van der Waals surface area contributed by atoms with Crippen LogP contribution in [0.1, 0.15) is 34.2 Å². The molecule has 0 saturated carbocycles. The largest absolute Gasteiger partial charge is 0.478 e. The zero-order valence-electron chi connectivity index (χ0n) is 16.4. The molecule has 146 valence electrons. The minimum Gasteiger partial charge on any atom is -0.478 e. The number of para-hydroxylation sites is 1. The van der Waals surface area contributed by atoms with Crippen LogP contribution in [0.2, 0.25) is 0 Å². The Bertz CT molecular complexity index is 1170. The lowest BCUT2D eigenvalue weighted by Gasteiger charge is -2.16. The quantitative estimate of drug-likeness (QED) is 0.691. The van der Waals surface area contributed by atoms with Crippen molar-refractivity contribution in [3.05, 3.63) is 71.0 Å². The first-order valence-electron chi connectivity index (χ1n) is 8.99. The van der Waals surface area contributed by atoms with E-state index >= 15 is 0 Å². The minimum atomic E-state index is -3.35. The predicted molar refractivity (Wildman–Crippen MR) is 110 cm³/mol. The summed E-state index contributed by atoms with van der Waals surface area (Å²) in [4.78, 5) is 11.8. The van der Waals surface area contributed by atoms with Crippen LogP contribution in [0.15, 0.2) is 53.4 Å². The summed E-state index contributed by atoms with van der Waals surface area (Å²) in [6, 6.07) is 14.6. The highest BCUT2D eigenvalue weighted by Gasteiger charge is 2.19. The van der Waals surface area contributed by atoms with E-state index in [0.717, 1.165) is 28.1 Å². The van der Waals surface area contributed by atoms with Gasteiger partial charge in [0.1, 0.15) is 0 Å². The van der Waals surface area contributed by atoms with E-state index < -0.39 is 15.8 Å². The molecule has 0 aliphatic rings. The third-order valence-electron chi connectivity index (χ3n) is 4.92. The SMILES string of the molecule is CCc1cc(-c2ccccc2-n2c(C)cc(C(=O)O)c2C)cc(S(C)(=O)=O)c1. The molecule has 0 saturated heterocycles. The molecule has 1 aromatic heterocycles. The highest BCUT2D eigenvalue weighted by molar-refractivity contribution is 7.90. The Balaban J connectivity index is 2.30. The number of hydrogen-bond acceptors (Lipinski definition) is 3. The van der Waals surface area contributed by atoms with E-state index in [4.69, 9.17) is 0 Å². The standard InChI is InChI=1S/C22H23NO4S/c1-5-16-11-17(13-18(12-16)28(4,26)27)19-8-6-7-9-21(19)23-14(2)10-20(15(23)3)22(24)25/h6-13H,5H2,1-4H3,(H,24,25). The van der Waals surface area contributed by atoms with Gasteiger partial charge >= 0.3 is 5.97 Å². The third kappa shape index (κ3) is 3.60. The molecular weight excluding hydrogens is 374 g/mol. The van der Waals surface area contributed by atoms with Gasteiger partial charge in [-0.3, -0.25) is 0 Å². The molecule has 0 atom stereocenters. The number of aromatic carboxylic acids is 1. The van der Waals surface area contributed by atoms with Gasteiger partial charge in [-0.1, -0.05) is 31.2 Å². The van der Waals surface area contributed by atoms with Crippen molar-refractivity contribution in [2.24, 2.45) is 0 Å². The number of benzene rings is 2. The van der Waals surface area contributed by atoms with Crippen LogP contribution in [0, 0.1) is 13.8 Å². The van der Waals surface area contributed by atoms with E-state index in [2.05, 4.69) is 0 Å². The van der Waals surface area contributed by atoms with Crippen molar-refractivity contribution in [3.8, 4) is 16.8 Å². The minimum absolute atomic E-state index is 0.256. The molecule has 28 heavy (non-hydrogen) atoms. The van der Waals surface area contributed by atoms with Crippen molar-refractivity contribution in [1.29, 1.82) is 0 Å². The Labute approximate surface area is 165 Å². The fraction of sp³-hybridized carbons (Fsp3) is 0.227. The van der Waals surface area contributed by atoms with Gasteiger partial charge in [0, 0.05) is 23.2 Å². The summed E-state index contributed by atoms with van der Waals surface area (Å²) >= 11 is 0. The second kappa shape index (κ2) is 7.28. The second-order valence-corrected chi connectivity index (χ2v) is 8.95. The van der Waals surface area contributed by atoms with E-state index in [1.54, 1.807) is 25.1 Å². The highest BCUT2D eigenvalue weighted by atomic mass is 32.2. The number of sulfone groups is 1. The smallest absolute Gasteiger partial charge is 0.337 e. The van der Waals surface area contributed by atoms with Gasteiger partial charge in [0.2, 0.25) is 0 Å². The van der Waals surface area contributed by atoms with Crippen LogP contribution in [0.4, 0.5) is 0 Å². The maximum absolute atomic E-state index is 12.2. The van der Waals surface area contributed by atoms with Crippen molar-refractivity contribution in [3.63, 3.8) is 0 Å². The molecule has 0 aliphatic carbocycles. The summed E-state index contributed by atoms with van der Waals surface area (Å²) in [6.45, 7) is 5.62. The first-order chi connectivity index (χ1) is 13.1. The number of carboxylic acids is 1. The number of carbonyl (C=O) groups is 1. The zero-order valence-corrected chi connectivity index (χ0v) is 17.2. The molecule has 3 rings (SSSR count). The molecule has 0 aliphatic heterocycles. The monoisotopic (exact) mass is 397 g/mol. The summed E-state index contributed by atoms with van der Waals surface area (Å²) in [5, 5.41) is 9.45. The third-order valence-corrected chi connectivity index (χ3v) is 6.01. The van der Waals surface area contributed by atoms with Crippen LogP contribution in [0.3, 0.4) is 0 Å². The molecule has 0 radical (unpaired) electrons. The first-order valence-corrected chi connectivity index (χ1v) is 10.9. The summed E-state index contributed by atoms with van der Waals surface area (Å²) in [5.74, 6) is -0.968. The van der Waals surface area contributed by atoms with Crippen LogP contribution in [-0.2, 0) is 16.3 Å². The topological polar surface area (TPSA) is 76.4 Å². The number of aromatic nitrogens is 1. The molecule has 0 bridgehead atoms. The maximum Gasteiger partial charge on any atom is 0.337 e. The zero-order chi connectivity index (χ0) is 20.6. The maximum atomic E-state index is 12.2. The summed E-state index contributed by atoms with van der Waals surface area (Å²) < 4.78 is 26.2. The molecule has 2 aromatic carbocycles. The Morgan fingerprint density at radius 1 is 1.07 bits per heavy atom. The Kier molecular flexibility index (Phi) is 5.17. The Morgan fingerprint density at radius 2 is 1.75 bits per heavy atom. The molecule has 1 N–H and O–H groups in total. The molecule has 0 unspecified atom stereocenters. The molecule has 0 fully saturated rings. The van der Waals surface area contributed by atoms with Crippen molar-refractivity contribution < 1.29 is 18.3 Å². The average Bonchev–Trinajstić information content (AvgIpc) is 2.95. The number of hydrogen-bond donors (Lipinski definition) is 1.